The molecule has 0 aliphatic heterocycles. The molecule has 0 bridgehead atoms. The zero-order valence-corrected chi connectivity index (χ0v) is 14.3. The molecular formula is C16H13ClN4O5. The summed E-state index contributed by atoms with van der Waals surface area (Å²) < 4.78 is 0. The summed E-state index contributed by atoms with van der Waals surface area (Å²) in [5, 5.41) is 26.3. The van der Waals surface area contributed by atoms with E-state index < -0.39 is 27.1 Å². The lowest BCUT2D eigenvalue weighted by molar-refractivity contribution is -0.394. The van der Waals surface area contributed by atoms with Gasteiger partial charge in [0.15, 0.2) is 0 Å². The molecule has 134 valence electrons. The zero-order valence-electron chi connectivity index (χ0n) is 13.5. The van der Waals surface area contributed by atoms with Crippen molar-refractivity contribution in [1.29, 1.82) is 0 Å². The van der Waals surface area contributed by atoms with E-state index in [1.54, 1.807) is 31.2 Å². The lowest BCUT2D eigenvalue weighted by Crippen LogP contribution is -2.21. The van der Waals surface area contributed by atoms with Crippen molar-refractivity contribution in [1.82, 2.24) is 5.43 Å². The number of hydrogen-bond acceptors (Lipinski definition) is 6. The first-order chi connectivity index (χ1) is 12.3. The first-order valence-corrected chi connectivity index (χ1v) is 7.66. The van der Waals surface area contributed by atoms with Gasteiger partial charge in [0.25, 0.3) is 11.4 Å². The number of carbonyl (C=O) groups is 1. The zero-order chi connectivity index (χ0) is 19.3. The molecule has 10 heteroatoms. The first-order valence-electron chi connectivity index (χ1n) is 7.28. The third-order valence-corrected chi connectivity index (χ3v) is 3.69. The number of nitro groups is 2. The summed E-state index contributed by atoms with van der Waals surface area (Å²) >= 11 is 5.80. The first kappa shape index (κ1) is 19.0. The summed E-state index contributed by atoms with van der Waals surface area (Å²) in [7, 11) is 0. The molecule has 0 heterocycles. The molecule has 1 N–H and O–H groups in total. The minimum absolute atomic E-state index is 0.0532. The number of nitrogens with one attached hydrogen (secondary N) is 1. The largest absolute Gasteiger partial charge is 0.279 e. The highest BCUT2D eigenvalue weighted by Gasteiger charge is 2.21. The monoisotopic (exact) mass is 376 g/mol. The van der Waals surface area contributed by atoms with Crippen LogP contribution < -0.4 is 5.43 Å². The van der Waals surface area contributed by atoms with Crippen molar-refractivity contribution in [2.75, 3.05) is 0 Å². The SMILES string of the molecule is C/C(=N/NC(=O)Cc1ccc([N+](=O)[O-])cc1[N+](=O)[O-])c1ccc(Cl)cc1. The molecule has 0 saturated carbocycles. The number of carbonyl (C=O) groups excluding carboxylic acids is 1. The molecule has 0 unspecified atom stereocenters. The van der Waals surface area contributed by atoms with Crippen LogP contribution in [0, 0.1) is 20.2 Å². The third-order valence-electron chi connectivity index (χ3n) is 3.44. The maximum Gasteiger partial charge on any atom is 0.279 e. The summed E-state index contributed by atoms with van der Waals surface area (Å²) in [4.78, 5) is 32.3. The van der Waals surface area contributed by atoms with Gasteiger partial charge in [-0.05, 0) is 30.7 Å². The van der Waals surface area contributed by atoms with Gasteiger partial charge in [0.2, 0.25) is 5.91 Å². The van der Waals surface area contributed by atoms with Crippen LogP contribution in [-0.2, 0) is 11.2 Å². The second kappa shape index (κ2) is 8.17. The summed E-state index contributed by atoms with van der Waals surface area (Å²) in [6.45, 7) is 1.68. The van der Waals surface area contributed by atoms with Gasteiger partial charge in [0, 0.05) is 16.7 Å². The second-order valence-corrected chi connectivity index (χ2v) is 5.68. The van der Waals surface area contributed by atoms with Crippen molar-refractivity contribution in [2.24, 2.45) is 5.10 Å². The number of hydrazone groups is 1. The normalized spacial score (nSPS) is 11.1. The highest BCUT2D eigenvalue weighted by Crippen LogP contribution is 2.25. The van der Waals surface area contributed by atoms with Crippen molar-refractivity contribution >= 4 is 34.6 Å². The summed E-state index contributed by atoms with van der Waals surface area (Å²) in [5.41, 5.74) is 2.72. The van der Waals surface area contributed by atoms with Crippen molar-refractivity contribution < 1.29 is 14.6 Å². The van der Waals surface area contributed by atoms with Crippen LogP contribution in [0.25, 0.3) is 0 Å². The van der Waals surface area contributed by atoms with Gasteiger partial charge in [0.1, 0.15) is 0 Å². The molecule has 0 aliphatic carbocycles. The summed E-state index contributed by atoms with van der Waals surface area (Å²) in [6, 6.07) is 9.94. The van der Waals surface area contributed by atoms with E-state index >= 15 is 0 Å². The molecule has 2 aromatic carbocycles. The molecule has 0 radical (unpaired) electrons. The van der Waals surface area contributed by atoms with Gasteiger partial charge in [-0.1, -0.05) is 23.7 Å². The number of rotatable bonds is 6. The van der Waals surface area contributed by atoms with Gasteiger partial charge in [-0.15, -0.1) is 0 Å². The average Bonchev–Trinajstić information content (AvgIpc) is 2.60. The van der Waals surface area contributed by atoms with E-state index in [9.17, 15) is 25.0 Å². The molecule has 0 aliphatic rings. The average molecular weight is 377 g/mol. The Morgan fingerprint density at radius 2 is 1.77 bits per heavy atom. The fourth-order valence-corrected chi connectivity index (χ4v) is 2.23. The van der Waals surface area contributed by atoms with Crippen LogP contribution in [0.15, 0.2) is 47.6 Å². The lowest BCUT2D eigenvalue weighted by atomic mass is 10.1. The van der Waals surface area contributed by atoms with E-state index in [-0.39, 0.29) is 12.0 Å². The number of nitro benzene ring substituents is 2. The van der Waals surface area contributed by atoms with Gasteiger partial charge in [0.05, 0.1) is 28.0 Å². The Labute approximate surface area is 152 Å². The van der Waals surface area contributed by atoms with E-state index in [0.717, 1.165) is 17.7 Å². The summed E-state index contributed by atoms with van der Waals surface area (Å²) in [6.07, 6.45) is -0.342. The predicted molar refractivity (Wildman–Crippen MR) is 95.3 cm³/mol. The Balaban J connectivity index is 2.12. The van der Waals surface area contributed by atoms with Gasteiger partial charge >= 0.3 is 0 Å². The third kappa shape index (κ3) is 4.84. The van der Waals surface area contributed by atoms with Gasteiger partial charge < -0.3 is 0 Å². The standard InChI is InChI=1S/C16H13ClN4O5/c1-10(11-2-5-13(17)6-3-11)18-19-16(22)8-12-4-7-14(20(23)24)9-15(12)21(25)26/h2-7,9H,8H2,1H3,(H,19,22)/b18-10-. The number of non-ortho nitro benzene ring substituents is 1. The Morgan fingerprint density at radius 3 is 2.35 bits per heavy atom. The van der Waals surface area contributed by atoms with E-state index in [1.807, 2.05) is 0 Å². The fourth-order valence-electron chi connectivity index (χ4n) is 2.10. The van der Waals surface area contributed by atoms with Gasteiger partial charge in [-0.2, -0.15) is 5.10 Å². The number of hydrogen-bond donors (Lipinski definition) is 1. The quantitative estimate of drug-likeness (QED) is 0.470. The topological polar surface area (TPSA) is 128 Å². The van der Waals surface area contributed by atoms with Crippen molar-refractivity contribution in [3.8, 4) is 0 Å². The summed E-state index contributed by atoms with van der Waals surface area (Å²) in [5.74, 6) is -0.588. The lowest BCUT2D eigenvalue weighted by Gasteiger charge is -2.04. The van der Waals surface area contributed by atoms with Crippen LogP contribution in [0.4, 0.5) is 11.4 Å². The van der Waals surface area contributed by atoms with Crippen LogP contribution in [-0.4, -0.2) is 21.5 Å². The van der Waals surface area contributed by atoms with Crippen LogP contribution >= 0.6 is 11.6 Å². The highest BCUT2D eigenvalue weighted by molar-refractivity contribution is 6.30. The van der Waals surface area contributed by atoms with Crippen LogP contribution in [0.1, 0.15) is 18.1 Å². The van der Waals surface area contributed by atoms with Crippen molar-refractivity contribution in [2.45, 2.75) is 13.3 Å². The van der Waals surface area contributed by atoms with Crippen LogP contribution in [0.5, 0.6) is 0 Å². The van der Waals surface area contributed by atoms with E-state index in [4.69, 9.17) is 11.6 Å². The minimum Gasteiger partial charge on any atom is -0.273 e. The number of benzene rings is 2. The number of halogens is 1. The molecule has 0 saturated heterocycles. The van der Waals surface area contributed by atoms with E-state index in [2.05, 4.69) is 10.5 Å². The maximum atomic E-state index is 12.0. The number of amides is 1. The van der Waals surface area contributed by atoms with Gasteiger partial charge in [-0.3, -0.25) is 25.0 Å². The van der Waals surface area contributed by atoms with Crippen LogP contribution in [0.3, 0.4) is 0 Å². The molecular weight excluding hydrogens is 364 g/mol. The molecule has 2 aromatic rings. The Kier molecular flexibility index (Phi) is 5.97. The Bertz CT molecular complexity index is 896. The van der Waals surface area contributed by atoms with E-state index in [0.29, 0.717) is 10.7 Å². The fraction of sp³-hybridized carbons (Fsp3) is 0.125. The molecule has 0 aromatic heterocycles. The second-order valence-electron chi connectivity index (χ2n) is 5.24. The predicted octanol–water partition coefficient (Wildman–Crippen LogP) is 3.24. The maximum absolute atomic E-state index is 12.0. The van der Waals surface area contributed by atoms with E-state index in [1.165, 1.54) is 6.07 Å². The van der Waals surface area contributed by atoms with Crippen molar-refractivity contribution in [3.63, 3.8) is 0 Å². The molecule has 9 nitrogen and oxygen atoms in total. The van der Waals surface area contributed by atoms with Crippen molar-refractivity contribution in [3.05, 3.63) is 78.8 Å². The molecule has 0 spiro atoms. The smallest absolute Gasteiger partial charge is 0.273 e. The molecule has 26 heavy (non-hydrogen) atoms. The molecule has 0 fully saturated rings. The molecule has 2 rings (SSSR count). The highest BCUT2D eigenvalue weighted by atomic mass is 35.5. The Hall–Kier alpha value is -3.33. The number of nitrogens with zero attached hydrogens (tertiary/aromatic N) is 3. The molecule has 1 amide bonds. The Morgan fingerprint density at radius 1 is 1.12 bits per heavy atom. The molecule has 0 atom stereocenters. The van der Waals surface area contributed by atoms with Gasteiger partial charge in [-0.25, -0.2) is 5.43 Å². The minimum atomic E-state index is -0.766. The van der Waals surface area contributed by atoms with Crippen LogP contribution in [0.2, 0.25) is 5.02 Å².